The van der Waals surface area contributed by atoms with Crippen LogP contribution < -0.4 is 10.6 Å². The maximum Gasteiger partial charge on any atom is 0.331 e. The van der Waals surface area contributed by atoms with Gasteiger partial charge in [-0.1, -0.05) is 60.7 Å². The van der Waals surface area contributed by atoms with Crippen LogP contribution in [0.1, 0.15) is 37.1 Å². The molecule has 144 valence electrons. The lowest BCUT2D eigenvalue weighted by Gasteiger charge is -2.50. The molecule has 2 aromatic carbocycles. The van der Waals surface area contributed by atoms with E-state index in [1.54, 1.807) is 48.5 Å². The first kappa shape index (κ1) is 18.0. The maximum atomic E-state index is 13.4. The molecule has 4 rings (SSSR count). The first-order valence-corrected chi connectivity index (χ1v) is 8.98. The Balaban J connectivity index is 1.94. The third-order valence-corrected chi connectivity index (χ3v) is 5.08. The molecule has 2 atom stereocenters. The Labute approximate surface area is 162 Å². The van der Waals surface area contributed by atoms with Gasteiger partial charge >= 0.3 is 18.0 Å². The molecule has 2 N–H and O–H groups in total. The summed E-state index contributed by atoms with van der Waals surface area (Å²) in [5.74, 6) is -2.88. The van der Waals surface area contributed by atoms with E-state index >= 15 is 0 Å². The van der Waals surface area contributed by atoms with Crippen LogP contribution >= 0.6 is 0 Å². The first-order chi connectivity index (χ1) is 13.3. The summed E-state index contributed by atoms with van der Waals surface area (Å²) in [7, 11) is 0. The Kier molecular flexibility index (Phi) is 4.10. The quantitative estimate of drug-likeness (QED) is 0.617. The van der Waals surface area contributed by atoms with Crippen molar-refractivity contribution in [3.05, 3.63) is 71.8 Å². The molecule has 2 heterocycles. The molecule has 0 radical (unpaired) electrons. The Morgan fingerprint density at radius 3 is 1.50 bits per heavy atom. The van der Waals surface area contributed by atoms with E-state index in [0.29, 0.717) is 11.1 Å². The van der Waals surface area contributed by atoms with Gasteiger partial charge in [0.05, 0.1) is 12.1 Å². The topological polar surface area (TPSA) is 93.7 Å². The SMILES string of the molecule is CC1(C)OC(=O)C2(C(=O)O1)[C@@H](c1ccccc1)NC(=O)N[C@H]2c1ccccc1. The molecule has 1 spiro atoms. The van der Waals surface area contributed by atoms with E-state index in [-0.39, 0.29) is 0 Å². The smallest absolute Gasteiger partial charge is 0.331 e. The van der Waals surface area contributed by atoms with Gasteiger partial charge in [-0.3, -0.25) is 9.59 Å². The van der Waals surface area contributed by atoms with Crippen molar-refractivity contribution < 1.29 is 23.9 Å². The van der Waals surface area contributed by atoms with E-state index in [2.05, 4.69) is 10.6 Å². The summed E-state index contributed by atoms with van der Waals surface area (Å²) in [6.45, 7) is 3.00. The molecule has 2 fully saturated rings. The second-order valence-corrected chi connectivity index (χ2v) is 7.35. The number of amides is 2. The molecule has 2 aromatic rings. The number of hydrogen-bond acceptors (Lipinski definition) is 5. The monoisotopic (exact) mass is 380 g/mol. The Bertz CT molecular complexity index is 853. The zero-order valence-corrected chi connectivity index (χ0v) is 15.5. The van der Waals surface area contributed by atoms with Gasteiger partial charge in [-0.25, -0.2) is 4.79 Å². The summed E-state index contributed by atoms with van der Waals surface area (Å²) in [5, 5.41) is 5.46. The molecule has 28 heavy (non-hydrogen) atoms. The molecule has 2 aliphatic heterocycles. The number of cyclic esters (lactones) is 2. The van der Waals surface area contributed by atoms with Crippen LogP contribution in [0.5, 0.6) is 0 Å². The standard InChI is InChI=1S/C21H20N2O5/c1-20(2)27-17(24)21(18(25)28-20)15(13-9-5-3-6-10-13)22-19(26)23-16(21)14-11-7-4-8-12-14/h3-12,15-16H,1-2H3,(H2,22,23,26)/t15-,16+. The molecule has 0 saturated carbocycles. The normalized spacial score (nSPS) is 25.3. The first-order valence-electron chi connectivity index (χ1n) is 8.98. The van der Waals surface area contributed by atoms with Gasteiger partial charge in [0.15, 0.2) is 0 Å². The minimum Gasteiger partial charge on any atom is -0.422 e. The van der Waals surface area contributed by atoms with Crippen LogP contribution in [-0.4, -0.2) is 23.8 Å². The van der Waals surface area contributed by atoms with Crippen molar-refractivity contribution in [3.8, 4) is 0 Å². The number of carbonyl (C=O) groups is 3. The third kappa shape index (κ3) is 2.70. The lowest BCUT2D eigenvalue weighted by atomic mass is 9.67. The fourth-order valence-electron chi connectivity index (χ4n) is 3.87. The lowest BCUT2D eigenvalue weighted by molar-refractivity contribution is -0.257. The molecule has 7 heteroatoms. The highest BCUT2D eigenvalue weighted by Crippen LogP contribution is 2.51. The van der Waals surface area contributed by atoms with Crippen LogP contribution in [0.15, 0.2) is 60.7 Å². The van der Waals surface area contributed by atoms with Gasteiger partial charge in [0, 0.05) is 13.8 Å². The minimum absolute atomic E-state index is 0.487. The van der Waals surface area contributed by atoms with Crippen LogP contribution in [0.4, 0.5) is 4.79 Å². The highest BCUT2D eigenvalue weighted by molar-refractivity contribution is 6.05. The Morgan fingerprint density at radius 1 is 0.714 bits per heavy atom. The van der Waals surface area contributed by atoms with Crippen LogP contribution in [0.25, 0.3) is 0 Å². The number of hydrogen-bond donors (Lipinski definition) is 2. The summed E-state index contributed by atoms with van der Waals surface area (Å²) in [5.41, 5.74) is -0.606. The van der Waals surface area contributed by atoms with Crippen LogP contribution in [-0.2, 0) is 19.1 Å². The van der Waals surface area contributed by atoms with Crippen molar-refractivity contribution in [2.24, 2.45) is 5.41 Å². The molecular formula is C21H20N2O5. The Hall–Kier alpha value is -3.35. The maximum absolute atomic E-state index is 13.4. The molecule has 7 nitrogen and oxygen atoms in total. The number of ether oxygens (including phenoxy) is 2. The highest BCUT2D eigenvalue weighted by atomic mass is 16.7. The van der Waals surface area contributed by atoms with Crippen molar-refractivity contribution in [1.82, 2.24) is 10.6 Å². The second kappa shape index (κ2) is 6.37. The van der Waals surface area contributed by atoms with E-state index in [1.165, 1.54) is 13.8 Å². The third-order valence-electron chi connectivity index (χ3n) is 5.08. The molecule has 0 aromatic heterocycles. The number of urea groups is 1. The van der Waals surface area contributed by atoms with Gasteiger partial charge in [0.2, 0.25) is 5.41 Å². The fourth-order valence-corrected chi connectivity index (χ4v) is 3.87. The van der Waals surface area contributed by atoms with Gasteiger partial charge in [-0.05, 0) is 11.1 Å². The van der Waals surface area contributed by atoms with E-state index in [4.69, 9.17) is 9.47 Å². The van der Waals surface area contributed by atoms with Crippen LogP contribution in [0.2, 0.25) is 0 Å². The summed E-state index contributed by atoms with van der Waals surface area (Å²) in [4.78, 5) is 39.2. The van der Waals surface area contributed by atoms with Gasteiger partial charge in [0.1, 0.15) is 0 Å². The molecule has 2 amide bonds. The van der Waals surface area contributed by atoms with Crippen molar-refractivity contribution >= 4 is 18.0 Å². The Morgan fingerprint density at radius 2 is 1.11 bits per heavy atom. The van der Waals surface area contributed by atoms with E-state index in [0.717, 1.165) is 0 Å². The summed E-state index contributed by atoms with van der Waals surface area (Å²) in [6.07, 6.45) is 0. The molecule has 0 aliphatic carbocycles. The van der Waals surface area contributed by atoms with Crippen molar-refractivity contribution in [3.63, 3.8) is 0 Å². The van der Waals surface area contributed by atoms with Gasteiger partial charge in [0.25, 0.3) is 5.79 Å². The number of nitrogens with one attached hydrogen (secondary N) is 2. The second-order valence-electron chi connectivity index (χ2n) is 7.35. The van der Waals surface area contributed by atoms with Gasteiger partial charge in [-0.2, -0.15) is 0 Å². The number of esters is 2. The van der Waals surface area contributed by atoms with Crippen molar-refractivity contribution in [2.45, 2.75) is 31.7 Å². The predicted octanol–water partition coefficient (Wildman–Crippen LogP) is 2.60. The fraction of sp³-hybridized carbons (Fsp3) is 0.286. The predicted molar refractivity (Wildman–Crippen MR) is 98.7 cm³/mol. The van der Waals surface area contributed by atoms with Crippen LogP contribution in [0.3, 0.4) is 0 Å². The zero-order valence-electron chi connectivity index (χ0n) is 15.5. The van der Waals surface area contributed by atoms with E-state index in [9.17, 15) is 14.4 Å². The molecule has 0 bridgehead atoms. The average molecular weight is 380 g/mol. The van der Waals surface area contributed by atoms with Crippen molar-refractivity contribution in [2.75, 3.05) is 0 Å². The highest BCUT2D eigenvalue weighted by Gasteiger charge is 2.68. The van der Waals surface area contributed by atoms with Crippen LogP contribution in [0, 0.1) is 5.41 Å². The number of benzene rings is 2. The lowest BCUT2D eigenvalue weighted by Crippen LogP contribution is -2.68. The number of rotatable bonds is 2. The van der Waals surface area contributed by atoms with E-state index in [1.807, 2.05) is 12.1 Å². The van der Waals surface area contributed by atoms with Crippen molar-refractivity contribution in [1.29, 1.82) is 0 Å². The minimum atomic E-state index is -1.81. The summed E-state index contributed by atoms with van der Waals surface area (Å²) < 4.78 is 11.0. The molecular weight excluding hydrogens is 360 g/mol. The van der Waals surface area contributed by atoms with E-state index < -0.39 is 41.3 Å². The summed E-state index contributed by atoms with van der Waals surface area (Å²) in [6, 6.07) is 15.3. The zero-order chi connectivity index (χ0) is 19.9. The van der Waals surface area contributed by atoms with Gasteiger partial charge in [-0.15, -0.1) is 0 Å². The van der Waals surface area contributed by atoms with Gasteiger partial charge < -0.3 is 20.1 Å². The molecule has 2 saturated heterocycles. The largest absolute Gasteiger partial charge is 0.422 e. The molecule has 0 unspecified atom stereocenters. The molecule has 2 aliphatic rings. The average Bonchev–Trinajstić information content (AvgIpc) is 2.67. The summed E-state index contributed by atoms with van der Waals surface area (Å²) >= 11 is 0. The number of carbonyl (C=O) groups excluding carboxylic acids is 3.